The third-order valence-corrected chi connectivity index (χ3v) is 2.51. The highest BCUT2D eigenvalue weighted by atomic mass is 35.5. The Bertz CT molecular complexity index is 610. The van der Waals surface area contributed by atoms with Gasteiger partial charge in [-0.1, -0.05) is 48.9 Å². The lowest BCUT2D eigenvalue weighted by Crippen LogP contribution is -2.17. The van der Waals surface area contributed by atoms with Crippen molar-refractivity contribution in [3.05, 3.63) is 41.0 Å². The summed E-state index contributed by atoms with van der Waals surface area (Å²) < 4.78 is 4.32. The average molecular weight is 375 g/mol. The van der Waals surface area contributed by atoms with Crippen LogP contribution in [0.25, 0.3) is 10.9 Å². The number of halogens is 2. The molecule has 1 amide bonds. The van der Waals surface area contributed by atoms with E-state index in [-0.39, 0.29) is 0 Å². The van der Waals surface area contributed by atoms with Crippen molar-refractivity contribution in [3.8, 4) is 0 Å². The molecule has 0 saturated carbocycles. The molecule has 8 heteroatoms. The molecule has 1 heterocycles. The molecule has 0 aliphatic carbocycles. The summed E-state index contributed by atoms with van der Waals surface area (Å²) >= 11 is 10.5. The lowest BCUT2D eigenvalue weighted by atomic mass is 10.1. The van der Waals surface area contributed by atoms with Crippen molar-refractivity contribution in [2.45, 2.75) is 27.7 Å². The van der Waals surface area contributed by atoms with Crippen molar-refractivity contribution in [2.75, 3.05) is 13.0 Å². The zero-order valence-corrected chi connectivity index (χ0v) is 16.1. The molecule has 24 heavy (non-hydrogen) atoms. The van der Waals surface area contributed by atoms with Gasteiger partial charge in [-0.2, -0.15) is 11.0 Å². The monoisotopic (exact) mass is 374 g/mol. The van der Waals surface area contributed by atoms with Crippen LogP contribution in [0.15, 0.2) is 35.6 Å². The quantitative estimate of drug-likeness (QED) is 0.303. The Hall–Kier alpha value is -1.92. The molecular formula is C16H24Cl2N4O2. The number of nitrogens with zero attached hydrogens (tertiary/aromatic N) is 2. The normalized spacial score (nSPS) is 8.29. The second-order valence-electron chi connectivity index (χ2n) is 3.72. The molecule has 0 fully saturated rings. The van der Waals surface area contributed by atoms with Gasteiger partial charge < -0.3 is 4.74 Å². The molecule has 0 aliphatic heterocycles. The lowest BCUT2D eigenvalue weighted by molar-refractivity contribution is 0.151. The predicted molar refractivity (Wildman–Crippen MR) is 99.9 cm³/mol. The van der Waals surface area contributed by atoms with Crippen LogP contribution in [-0.2, 0) is 4.74 Å². The molecule has 1 aromatic carbocycles. The van der Waals surface area contributed by atoms with Crippen molar-refractivity contribution in [2.24, 2.45) is 5.22 Å². The second-order valence-corrected chi connectivity index (χ2v) is 4.11. The first-order valence-electron chi connectivity index (χ1n) is 7.27. The van der Waals surface area contributed by atoms with Gasteiger partial charge in [-0.25, -0.2) is 9.78 Å². The summed E-state index contributed by atoms with van der Waals surface area (Å²) in [5, 5.41) is 4.31. The SMILES string of the molecule is CC.CCOC(=O)NN=N.CCl.Cc1cc(Cl)nc2ccccc12. The fourth-order valence-electron chi connectivity index (χ4n) is 1.52. The highest BCUT2D eigenvalue weighted by Gasteiger charge is 1.98. The Morgan fingerprint density at radius 2 is 1.92 bits per heavy atom. The predicted octanol–water partition coefficient (Wildman–Crippen LogP) is 5.76. The van der Waals surface area contributed by atoms with Gasteiger partial charge in [0.15, 0.2) is 0 Å². The molecule has 0 aliphatic rings. The maximum absolute atomic E-state index is 10.1. The molecule has 2 N–H and O–H groups in total. The molecule has 6 nitrogen and oxygen atoms in total. The molecule has 0 bridgehead atoms. The molecule has 0 saturated heterocycles. The number of benzene rings is 1. The summed E-state index contributed by atoms with van der Waals surface area (Å²) in [6.07, 6.45) is 0.780. The number of carbonyl (C=O) groups excluding carboxylic acids is 1. The van der Waals surface area contributed by atoms with Gasteiger partial charge in [0.1, 0.15) is 5.15 Å². The van der Waals surface area contributed by atoms with Crippen LogP contribution in [0.2, 0.25) is 5.15 Å². The fraction of sp³-hybridized carbons (Fsp3) is 0.375. The number of pyridine rings is 1. The number of aromatic nitrogens is 1. The number of aryl methyl sites for hydroxylation is 1. The minimum atomic E-state index is -0.692. The maximum atomic E-state index is 10.1. The minimum Gasteiger partial charge on any atom is -0.449 e. The highest BCUT2D eigenvalue weighted by Crippen LogP contribution is 2.19. The number of nitrogens with one attached hydrogen (secondary N) is 2. The summed E-state index contributed by atoms with van der Waals surface area (Å²) in [4.78, 5) is 14.3. The number of fused-ring (bicyclic) bond motifs is 1. The number of para-hydroxylation sites is 1. The van der Waals surface area contributed by atoms with Gasteiger partial charge in [0, 0.05) is 11.8 Å². The van der Waals surface area contributed by atoms with Crippen molar-refractivity contribution >= 4 is 40.2 Å². The van der Waals surface area contributed by atoms with Crippen LogP contribution in [0.5, 0.6) is 0 Å². The zero-order valence-electron chi connectivity index (χ0n) is 14.6. The van der Waals surface area contributed by atoms with Gasteiger partial charge in [0.05, 0.1) is 12.1 Å². The van der Waals surface area contributed by atoms with Crippen LogP contribution < -0.4 is 5.43 Å². The molecule has 0 spiro atoms. The zero-order chi connectivity index (χ0) is 19.0. The van der Waals surface area contributed by atoms with Crippen molar-refractivity contribution in [3.63, 3.8) is 0 Å². The van der Waals surface area contributed by atoms with Crippen LogP contribution in [-0.4, -0.2) is 24.1 Å². The standard InChI is InChI=1S/C10H8ClN.C3H7N3O2.C2H6.CH3Cl/c1-7-6-10(11)12-9-5-3-2-4-8(7)9;1-2-8-3(7)5-6-4;2*1-2/h2-6H,1H3;2H2,1H3,(H2,4,5,7);1-2H3;1H3. The van der Waals surface area contributed by atoms with Crippen LogP contribution in [0.4, 0.5) is 4.79 Å². The summed E-state index contributed by atoms with van der Waals surface area (Å²) in [5.41, 5.74) is 10.0. The Kier molecular flexibility index (Phi) is 16.2. The summed E-state index contributed by atoms with van der Waals surface area (Å²) in [6.45, 7) is 8.00. The van der Waals surface area contributed by atoms with Crippen molar-refractivity contribution in [1.29, 1.82) is 5.53 Å². The summed E-state index contributed by atoms with van der Waals surface area (Å²) in [5.74, 6) is 0. The molecule has 134 valence electrons. The number of amides is 1. The van der Waals surface area contributed by atoms with Gasteiger partial charge in [-0.15, -0.1) is 11.6 Å². The average Bonchev–Trinajstić information content (AvgIpc) is 2.59. The van der Waals surface area contributed by atoms with E-state index in [4.69, 9.17) is 17.1 Å². The smallest absolute Gasteiger partial charge is 0.429 e. The number of carbonyl (C=O) groups is 1. The third kappa shape index (κ3) is 9.97. The number of ether oxygens (including phenoxy) is 1. The van der Waals surface area contributed by atoms with E-state index >= 15 is 0 Å². The maximum Gasteiger partial charge on any atom is 0.429 e. The van der Waals surface area contributed by atoms with Crippen LogP contribution >= 0.6 is 23.2 Å². The third-order valence-electron chi connectivity index (χ3n) is 2.31. The van der Waals surface area contributed by atoms with E-state index in [1.807, 2.05) is 51.1 Å². The van der Waals surface area contributed by atoms with Gasteiger partial charge in [-0.3, -0.25) is 0 Å². The van der Waals surface area contributed by atoms with Gasteiger partial charge in [0.25, 0.3) is 0 Å². The number of rotatable bonds is 2. The Balaban J connectivity index is 0. The molecule has 0 unspecified atom stereocenters. The first kappa shape index (κ1) is 24.3. The van der Waals surface area contributed by atoms with Gasteiger partial charge in [-0.05, 0) is 31.5 Å². The molecular weight excluding hydrogens is 351 g/mol. The lowest BCUT2D eigenvalue weighted by Gasteiger charge is -2.00. The Morgan fingerprint density at radius 1 is 1.33 bits per heavy atom. The van der Waals surface area contributed by atoms with Crippen molar-refractivity contribution in [1.82, 2.24) is 10.4 Å². The summed E-state index contributed by atoms with van der Waals surface area (Å²) in [7, 11) is 0. The van der Waals surface area contributed by atoms with Crippen LogP contribution in [0, 0.1) is 12.5 Å². The fourth-order valence-corrected chi connectivity index (χ4v) is 1.77. The number of hydrogen-bond donors (Lipinski definition) is 2. The second kappa shape index (κ2) is 16.0. The van der Waals surface area contributed by atoms with E-state index in [9.17, 15) is 4.79 Å². The first-order valence-corrected chi connectivity index (χ1v) is 8.40. The van der Waals surface area contributed by atoms with Gasteiger partial charge >= 0.3 is 6.09 Å². The molecule has 2 aromatic rings. The van der Waals surface area contributed by atoms with E-state index in [0.717, 1.165) is 5.52 Å². The number of alkyl halides is 1. The van der Waals surface area contributed by atoms with Gasteiger partial charge in [0.2, 0.25) is 0 Å². The van der Waals surface area contributed by atoms with E-state index in [2.05, 4.69) is 26.5 Å². The largest absolute Gasteiger partial charge is 0.449 e. The minimum absolute atomic E-state index is 0.293. The summed E-state index contributed by atoms with van der Waals surface area (Å²) in [6, 6.07) is 9.86. The van der Waals surface area contributed by atoms with Crippen LogP contribution in [0.3, 0.4) is 0 Å². The van der Waals surface area contributed by atoms with E-state index in [1.165, 1.54) is 17.3 Å². The van der Waals surface area contributed by atoms with Crippen molar-refractivity contribution < 1.29 is 9.53 Å². The molecule has 1 aromatic heterocycles. The molecule has 2 rings (SSSR count). The first-order chi connectivity index (χ1) is 11.6. The van der Waals surface area contributed by atoms with E-state index < -0.39 is 6.09 Å². The highest BCUT2D eigenvalue weighted by molar-refractivity contribution is 6.29. The Morgan fingerprint density at radius 3 is 2.46 bits per heavy atom. The molecule has 0 radical (unpaired) electrons. The topological polar surface area (TPSA) is 87.4 Å². The van der Waals surface area contributed by atoms with E-state index in [0.29, 0.717) is 11.8 Å². The van der Waals surface area contributed by atoms with E-state index in [1.54, 1.807) is 12.3 Å². The number of hydrogen-bond acceptors (Lipinski definition) is 5. The molecule has 0 atom stereocenters. The Labute approximate surface area is 153 Å². The van der Waals surface area contributed by atoms with Crippen LogP contribution in [0.1, 0.15) is 26.3 Å².